The minimum atomic E-state index is 0. The number of halogens is 4. The van der Waals surface area contributed by atoms with E-state index < -0.39 is 0 Å². The molecule has 0 bridgehead atoms. The molecule has 4 nitrogen and oxygen atoms in total. The van der Waals surface area contributed by atoms with E-state index >= 15 is 0 Å². The summed E-state index contributed by atoms with van der Waals surface area (Å²) in [6.07, 6.45) is 10.4. The first-order valence-electron chi connectivity index (χ1n) is 12.3. The van der Waals surface area contributed by atoms with Crippen LogP contribution in [-0.2, 0) is 0 Å². The van der Waals surface area contributed by atoms with Crippen molar-refractivity contribution in [3.63, 3.8) is 0 Å². The third-order valence-corrected chi connectivity index (χ3v) is 5.63. The second-order valence-corrected chi connectivity index (χ2v) is 8.38. The maximum Gasteiger partial charge on any atom is 0.0363 e. The third kappa shape index (κ3) is 21.0. The van der Waals surface area contributed by atoms with Gasteiger partial charge in [0.2, 0.25) is 0 Å². The van der Waals surface area contributed by atoms with Gasteiger partial charge in [-0.2, -0.15) is 0 Å². The van der Waals surface area contributed by atoms with Gasteiger partial charge >= 0.3 is 0 Å². The fourth-order valence-corrected chi connectivity index (χ4v) is 3.71. The molecule has 0 saturated heterocycles. The Balaban J connectivity index is -0.00000256. The quantitative estimate of drug-likeness (QED) is 0.156. The van der Waals surface area contributed by atoms with Crippen LogP contribution < -0.4 is 20.9 Å². The molecule has 2 aromatic rings. The van der Waals surface area contributed by atoms with Gasteiger partial charge in [0.05, 0.1) is 0 Å². The van der Waals surface area contributed by atoms with Crippen molar-refractivity contribution in [2.45, 2.75) is 51.4 Å². The minimum absolute atomic E-state index is 0. The van der Waals surface area contributed by atoms with Crippen molar-refractivity contribution in [3.8, 4) is 0 Å². The van der Waals surface area contributed by atoms with E-state index in [2.05, 4.69) is 88.6 Å². The Morgan fingerprint density at radius 1 is 0.514 bits per heavy atom. The predicted molar refractivity (Wildman–Crippen MR) is 166 cm³/mol. The molecule has 0 saturated carbocycles. The second kappa shape index (κ2) is 27.7. The maximum absolute atomic E-state index is 3.60. The minimum Gasteiger partial charge on any atom is -0.385 e. The second-order valence-electron chi connectivity index (χ2n) is 8.38. The highest BCUT2D eigenvalue weighted by atomic mass is 35.5. The van der Waals surface area contributed by atoms with Crippen molar-refractivity contribution in [3.05, 3.63) is 60.7 Å². The first-order valence-corrected chi connectivity index (χ1v) is 12.3. The summed E-state index contributed by atoms with van der Waals surface area (Å²) in [4.78, 5) is 2.33. The van der Waals surface area contributed by atoms with Gasteiger partial charge in [0, 0.05) is 31.5 Å². The van der Waals surface area contributed by atoms with Crippen molar-refractivity contribution in [1.29, 1.82) is 0 Å². The van der Waals surface area contributed by atoms with Gasteiger partial charge in [0.15, 0.2) is 0 Å². The molecule has 8 heteroatoms. The molecule has 0 aliphatic carbocycles. The summed E-state index contributed by atoms with van der Waals surface area (Å²) in [6, 6.07) is 21.1. The fraction of sp³-hybridized carbons (Fsp3) is 0.556. The largest absolute Gasteiger partial charge is 0.385 e. The third-order valence-electron chi connectivity index (χ3n) is 5.63. The van der Waals surface area contributed by atoms with Crippen LogP contribution in [0.3, 0.4) is 0 Å². The summed E-state index contributed by atoms with van der Waals surface area (Å²) in [5.41, 5.74) is 2.52. The van der Waals surface area contributed by atoms with Crippen LogP contribution in [0.1, 0.15) is 51.4 Å². The summed E-state index contributed by atoms with van der Waals surface area (Å²) in [5, 5.41) is 10.6. The first kappa shape index (κ1) is 38.6. The Morgan fingerprint density at radius 3 is 1.54 bits per heavy atom. The van der Waals surface area contributed by atoms with Crippen molar-refractivity contribution in [2.24, 2.45) is 0 Å². The number of unbranched alkanes of at least 4 members (excludes halogenated alkanes) is 5. The Kier molecular flexibility index (Phi) is 30.6. The first-order chi connectivity index (χ1) is 15.4. The molecule has 3 N–H and O–H groups in total. The molecule has 2 aromatic carbocycles. The van der Waals surface area contributed by atoms with Crippen LogP contribution in [-0.4, -0.2) is 46.3 Å². The molecule has 2 rings (SSSR count). The molecular formula is C27H48Cl4N4. The van der Waals surface area contributed by atoms with Crippen molar-refractivity contribution >= 4 is 61.0 Å². The van der Waals surface area contributed by atoms with Gasteiger partial charge in [-0.25, -0.2) is 0 Å². The molecule has 0 amide bonds. The van der Waals surface area contributed by atoms with E-state index in [1.54, 1.807) is 0 Å². The fourth-order valence-electron chi connectivity index (χ4n) is 3.71. The highest BCUT2D eigenvalue weighted by molar-refractivity contribution is 5.86. The zero-order valence-electron chi connectivity index (χ0n) is 21.3. The zero-order valence-corrected chi connectivity index (χ0v) is 24.5. The smallest absolute Gasteiger partial charge is 0.0363 e. The topological polar surface area (TPSA) is 39.3 Å². The number of benzene rings is 2. The van der Waals surface area contributed by atoms with Crippen LogP contribution >= 0.6 is 49.6 Å². The Labute approximate surface area is 239 Å². The standard InChI is InChI=1S/C27H44N4.4ClH/c1-31(27-18-10-7-11-19-27)25-15-23-29-21-13-5-3-2-4-12-20-28-22-14-24-30-26-16-8-6-9-17-26;;;;/h6-11,16-19,28-30H,2-5,12-15,20-25H2,1H3;4*1H. The van der Waals surface area contributed by atoms with E-state index in [4.69, 9.17) is 0 Å². The molecule has 0 radical (unpaired) electrons. The number of anilines is 2. The van der Waals surface area contributed by atoms with Crippen LogP contribution in [0, 0.1) is 0 Å². The van der Waals surface area contributed by atoms with Gasteiger partial charge in [-0.3, -0.25) is 0 Å². The number of nitrogens with one attached hydrogen (secondary N) is 3. The van der Waals surface area contributed by atoms with E-state index in [-0.39, 0.29) is 49.6 Å². The lowest BCUT2D eigenvalue weighted by Crippen LogP contribution is -2.24. The van der Waals surface area contributed by atoms with Crippen LogP contribution in [0.25, 0.3) is 0 Å². The molecule has 0 aliphatic rings. The molecule has 0 spiro atoms. The average molecular weight is 571 g/mol. The van der Waals surface area contributed by atoms with Gasteiger partial charge in [-0.1, -0.05) is 62.1 Å². The number of rotatable bonds is 19. The molecule has 35 heavy (non-hydrogen) atoms. The van der Waals surface area contributed by atoms with Crippen LogP contribution in [0.4, 0.5) is 11.4 Å². The van der Waals surface area contributed by atoms with Gasteiger partial charge < -0.3 is 20.9 Å². The maximum atomic E-state index is 3.60. The Morgan fingerprint density at radius 2 is 0.971 bits per heavy atom. The molecule has 0 unspecified atom stereocenters. The van der Waals surface area contributed by atoms with Gasteiger partial charge in [-0.15, -0.1) is 49.6 Å². The van der Waals surface area contributed by atoms with Crippen molar-refractivity contribution < 1.29 is 0 Å². The van der Waals surface area contributed by atoms with Gasteiger partial charge in [0.25, 0.3) is 0 Å². The lowest BCUT2D eigenvalue weighted by molar-refractivity contribution is 0.545. The van der Waals surface area contributed by atoms with E-state index in [1.807, 2.05) is 0 Å². The number of hydrogen-bond acceptors (Lipinski definition) is 4. The van der Waals surface area contributed by atoms with Crippen LogP contribution in [0.5, 0.6) is 0 Å². The highest BCUT2D eigenvalue weighted by Crippen LogP contribution is 2.10. The zero-order chi connectivity index (χ0) is 21.8. The van der Waals surface area contributed by atoms with Crippen LogP contribution in [0.2, 0.25) is 0 Å². The van der Waals surface area contributed by atoms with Crippen LogP contribution in [0.15, 0.2) is 60.7 Å². The van der Waals surface area contributed by atoms with Gasteiger partial charge in [-0.05, 0) is 76.1 Å². The average Bonchev–Trinajstić information content (AvgIpc) is 2.82. The van der Waals surface area contributed by atoms with Crippen molar-refractivity contribution in [1.82, 2.24) is 10.6 Å². The summed E-state index contributed by atoms with van der Waals surface area (Å²) in [7, 11) is 2.17. The summed E-state index contributed by atoms with van der Waals surface area (Å²) < 4.78 is 0. The summed E-state index contributed by atoms with van der Waals surface area (Å²) in [6.45, 7) is 6.68. The Hall–Kier alpha value is -0.880. The number of nitrogens with zero attached hydrogens (tertiary/aromatic N) is 1. The molecule has 204 valence electrons. The predicted octanol–water partition coefficient (Wildman–Crippen LogP) is 7.22. The normalized spacial score (nSPS) is 9.63. The lowest BCUT2D eigenvalue weighted by atomic mass is 10.1. The molecule has 0 aliphatic heterocycles. The van der Waals surface area contributed by atoms with E-state index in [0.29, 0.717) is 0 Å². The number of para-hydroxylation sites is 2. The molecular weight excluding hydrogens is 522 g/mol. The van der Waals surface area contributed by atoms with E-state index in [0.717, 1.165) is 39.3 Å². The monoisotopic (exact) mass is 568 g/mol. The summed E-state index contributed by atoms with van der Waals surface area (Å²) >= 11 is 0. The molecule has 0 aromatic heterocycles. The molecule has 0 fully saturated rings. The summed E-state index contributed by atoms with van der Waals surface area (Å²) in [5.74, 6) is 0. The molecule has 0 atom stereocenters. The van der Waals surface area contributed by atoms with E-state index in [9.17, 15) is 0 Å². The molecule has 0 heterocycles. The lowest BCUT2D eigenvalue weighted by Gasteiger charge is -2.19. The SMILES string of the molecule is CN(CCCNCCCCCCCCNCCCNc1ccccc1)c1ccccc1.Cl.Cl.Cl.Cl. The highest BCUT2D eigenvalue weighted by Gasteiger charge is 1.99. The van der Waals surface area contributed by atoms with E-state index in [1.165, 1.54) is 62.7 Å². The number of hydrogen-bond donors (Lipinski definition) is 3. The van der Waals surface area contributed by atoms with Crippen molar-refractivity contribution in [2.75, 3.05) is 56.5 Å². The van der Waals surface area contributed by atoms with Gasteiger partial charge in [0.1, 0.15) is 0 Å². The Bertz CT molecular complexity index is 650.